The lowest BCUT2D eigenvalue weighted by Crippen LogP contribution is -2.46. The predicted molar refractivity (Wildman–Crippen MR) is 98.6 cm³/mol. The zero-order valence-electron chi connectivity index (χ0n) is 14.5. The smallest absolute Gasteiger partial charge is 0.240 e. The number of nitriles is 1. The van der Waals surface area contributed by atoms with Gasteiger partial charge in [-0.3, -0.25) is 4.79 Å². The molecule has 2 atom stereocenters. The van der Waals surface area contributed by atoms with E-state index in [1.807, 2.05) is 0 Å². The number of carbonyl (C=O) groups is 1. The molecule has 9 heteroatoms. The third-order valence-corrected chi connectivity index (χ3v) is 6.94. The van der Waals surface area contributed by atoms with Crippen LogP contribution in [0.5, 0.6) is 0 Å². The van der Waals surface area contributed by atoms with Crippen molar-refractivity contribution in [2.45, 2.75) is 75.1 Å². The Kier molecular flexibility index (Phi) is 9.14. The molecule has 2 fully saturated rings. The van der Waals surface area contributed by atoms with Gasteiger partial charge in [-0.2, -0.15) is 5.26 Å². The number of sulfonamides is 1. The van der Waals surface area contributed by atoms with Gasteiger partial charge >= 0.3 is 0 Å². The van der Waals surface area contributed by atoms with Crippen LogP contribution in [-0.4, -0.2) is 49.6 Å². The van der Waals surface area contributed by atoms with Gasteiger partial charge in [-0.05, 0) is 38.5 Å². The van der Waals surface area contributed by atoms with Crippen molar-refractivity contribution in [1.29, 1.82) is 5.26 Å². The molecular weight excluding hydrogens is 364 g/mol. The maximum atomic E-state index is 12.3. The minimum atomic E-state index is -3.26. The molecule has 0 aromatic heterocycles. The van der Waals surface area contributed by atoms with Gasteiger partial charge in [0.05, 0.1) is 17.4 Å². The number of hydrogen-bond donors (Lipinski definition) is 2. The Hall–Kier alpha value is -0.880. The lowest BCUT2D eigenvalue weighted by Gasteiger charge is -2.24. The summed E-state index contributed by atoms with van der Waals surface area (Å²) in [6.07, 6.45) is 7.00. The Morgan fingerprint density at radius 1 is 1.24 bits per heavy atom. The van der Waals surface area contributed by atoms with Gasteiger partial charge in [-0.15, -0.1) is 12.4 Å². The van der Waals surface area contributed by atoms with E-state index in [9.17, 15) is 13.2 Å². The predicted octanol–water partition coefficient (Wildman–Crippen LogP) is 1.28. The second-order valence-corrected chi connectivity index (χ2v) is 8.81. The highest BCUT2D eigenvalue weighted by Gasteiger charge is 2.31. The summed E-state index contributed by atoms with van der Waals surface area (Å²) in [4.78, 5) is 13.8. The van der Waals surface area contributed by atoms with Gasteiger partial charge < -0.3 is 10.6 Å². The second-order valence-electron chi connectivity index (χ2n) is 6.77. The molecule has 3 N–H and O–H groups in total. The van der Waals surface area contributed by atoms with Crippen molar-refractivity contribution < 1.29 is 13.2 Å². The fraction of sp³-hybridized carbons (Fsp3) is 0.875. The molecule has 1 aliphatic heterocycles. The molecule has 0 spiro atoms. The molecule has 144 valence electrons. The van der Waals surface area contributed by atoms with Gasteiger partial charge in [0, 0.05) is 13.1 Å². The van der Waals surface area contributed by atoms with E-state index in [1.165, 1.54) is 0 Å². The third kappa shape index (κ3) is 6.10. The summed E-state index contributed by atoms with van der Waals surface area (Å²) in [6.45, 7) is 0.889. The van der Waals surface area contributed by atoms with Crippen LogP contribution in [0, 0.1) is 11.3 Å². The summed E-state index contributed by atoms with van der Waals surface area (Å²) < 4.78 is 27.1. The molecular formula is C16H29ClN4O3S. The molecule has 0 bridgehead atoms. The van der Waals surface area contributed by atoms with Gasteiger partial charge in [-0.1, -0.05) is 19.3 Å². The highest BCUT2D eigenvalue weighted by Crippen LogP contribution is 2.23. The van der Waals surface area contributed by atoms with E-state index in [1.54, 1.807) is 4.90 Å². The van der Waals surface area contributed by atoms with Gasteiger partial charge in [0.1, 0.15) is 6.04 Å². The molecule has 0 aromatic rings. The third-order valence-electron chi connectivity index (χ3n) is 4.99. The van der Waals surface area contributed by atoms with Crippen molar-refractivity contribution in [2.24, 2.45) is 5.73 Å². The van der Waals surface area contributed by atoms with E-state index in [2.05, 4.69) is 10.8 Å². The quantitative estimate of drug-likeness (QED) is 0.633. The van der Waals surface area contributed by atoms with Crippen LogP contribution in [-0.2, 0) is 14.8 Å². The van der Waals surface area contributed by atoms with Crippen LogP contribution in [0.25, 0.3) is 0 Å². The maximum absolute atomic E-state index is 12.3. The Morgan fingerprint density at radius 3 is 2.56 bits per heavy atom. The zero-order valence-corrected chi connectivity index (χ0v) is 16.2. The number of nitrogens with one attached hydrogen (secondary N) is 1. The van der Waals surface area contributed by atoms with Crippen molar-refractivity contribution in [3.05, 3.63) is 0 Å². The normalized spacial score (nSPS) is 22.9. The lowest BCUT2D eigenvalue weighted by atomic mass is 10.0. The van der Waals surface area contributed by atoms with Crippen molar-refractivity contribution >= 4 is 28.3 Å². The SMILES string of the molecule is Cl.N#C[C@@H]1CCCN1C(=O)[C@@H](N)CCCNS(=O)(=O)C1CCCCC1. The number of amides is 1. The average Bonchev–Trinajstić information content (AvgIpc) is 3.07. The molecule has 2 rings (SSSR count). The summed E-state index contributed by atoms with van der Waals surface area (Å²) in [6, 6.07) is 1.10. The number of carbonyl (C=O) groups excluding carboxylic acids is 1. The standard InChI is InChI=1S/C16H28N4O3S.ClH/c17-12-13-6-5-11-20(13)16(21)15(18)9-4-10-19-24(22,23)14-7-2-1-3-8-14;/h13-15,19H,1-11,18H2;1H/t13-,15-;/m0./s1. The van der Waals surface area contributed by atoms with Crippen LogP contribution in [0.1, 0.15) is 57.8 Å². The number of halogens is 1. The Balaban J connectivity index is 0.00000312. The average molecular weight is 393 g/mol. The van der Waals surface area contributed by atoms with Crippen LogP contribution in [0.2, 0.25) is 0 Å². The molecule has 1 amide bonds. The molecule has 0 radical (unpaired) electrons. The van der Waals surface area contributed by atoms with Crippen molar-refractivity contribution in [1.82, 2.24) is 9.62 Å². The van der Waals surface area contributed by atoms with E-state index < -0.39 is 16.1 Å². The fourth-order valence-electron chi connectivity index (χ4n) is 3.53. The number of likely N-dealkylation sites (tertiary alicyclic amines) is 1. The Labute approximate surface area is 156 Å². The van der Waals surface area contributed by atoms with E-state index in [0.717, 1.165) is 38.5 Å². The first-order valence-electron chi connectivity index (χ1n) is 8.90. The lowest BCUT2D eigenvalue weighted by molar-refractivity contribution is -0.132. The number of hydrogen-bond acceptors (Lipinski definition) is 5. The summed E-state index contributed by atoms with van der Waals surface area (Å²) in [5, 5.41) is 8.76. The highest BCUT2D eigenvalue weighted by atomic mass is 35.5. The molecule has 25 heavy (non-hydrogen) atoms. The molecule has 2 aliphatic rings. The first kappa shape index (κ1) is 22.2. The summed E-state index contributed by atoms with van der Waals surface area (Å²) in [7, 11) is -3.26. The zero-order chi connectivity index (χ0) is 17.6. The summed E-state index contributed by atoms with van der Waals surface area (Å²) in [5.41, 5.74) is 5.93. The fourth-order valence-corrected chi connectivity index (χ4v) is 5.15. The largest absolute Gasteiger partial charge is 0.325 e. The minimum Gasteiger partial charge on any atom is -0.325 e. The van der Waals surface area contributed by atoms with Gasteiger partial charge in [-0.25, -0.2) is 13.1 Å². The Bertz CT molecular complexity index is 572. The Morgan fingerprint density at radius 2 is 1.92 bits per heavy atom. The first-order chi connectivity index (χ1) is 11.5. The number of nitrogens with two attached hydrogens (primary N) is 1. The first-order valence-corrected chi connectivity index (χ1v) is 10.4. The highest BCUT2D eigenvalue weighted by molar-refractivity contribution is 7.90. The molecule has 7 nitrogen and oxygen atoms in total. The summed E-state index contributed by atoms with van der Waals surface area (Å²) >= 11 is 0. The molecule has 1 saturated carbocycles. The molecule has 1 aliphatic carbocycles. The van der Waals surface area contributed by atoms with E-state index in [4.69, 9.17) is 11.0 Å². The molecule has 1 heterocycles. The van der Waals surface area contributed by atoms with E-state index >= 15 is 0 Å². The van der Waals surface area contributed by atoms with Crippen molar-refractivity contribution in [3.63, 3.8) is 0 Å². The van der Waals surface area contributed by atoms with Crippen LogP contribution in [0.15, 0.2) is 0 Å². The van der Waals surface area contributed by atoms with Gasteiger partial charge in [0.15, 0.2) is 0 Å². The monoisotopic (exact) mass is 392 g/mol. The van der Waals surface area contributed by atoms with Crippen molar-refractivity contribution in [3.8, 4) is 6.07 Å². The molecule has 1 saturated heterocycles. The summed E-state index contributed by atoms with van der Waals surface area (Å²) in [5.74, 6) is -0.200. The van der Waals surface area contributed by atoms with Crippen LogP contribution < -0.4 is 10.5 Å². The van der Waals surface area contributed by atoms with Crippen LogP contribution in [0.4, 0.5) is 0 Å². The van der Waals surface area contributed by atoms with Gasteiger partial charge in [0.25, 0.3) is 0 Å². The molecule has 0 aromatic carbocycles. The van der Waals surface area contributed by atoms with Crippen molar-refractivity contribution in [2.75, 3.05) is 13.1 Å². The number of rotatable bonds is 7. The van der Waals surface area contributed by atoms with Crippen LogP contribution >= 0.6 is 12.4 Å². The second kappa shape index (κ2) is 10.3. The number of nitrogens with zero attached hydrogens (tertiary/aromatic N) is 2. The topological polar surface area (TPSA) is 116 Å². The minimum absolute atomic E-state index is 0. The molecule has 0 unspecified atom stereocenters. The van der Waals surface area contributed by atoms with E-state index in [0.29, 0.717) is 32.4 Å². The van der Waals surface area contributed by atoms with Crippen LogP contribution in [0.3, 0.4) is 0 Å². The van der Waals surface area contributed by atoms with Gasteiger partial charge in [0.2, 0.25) is 15.9 Å². The maximum Gasteiger partial charge on any atom is 0.240 e. The van der Waals surface area contributed by atoms with E-state index in [-0.39, 0.29) is 29.6 Å².